The minimum Gasteiger partial charge on any atom is -0.464 e. The molecular weight excluding hydrogens is 250 g/mol. The summed E-state index contributed by atoms with van der Waals surface area (Å²) in [7, 11) is 1.31. The third kappa shape index (κ3) is 1.37. The Morgan fingerprint density at radius 2 is 2.43 bits per heavy atom. The van der Waals surface area contributed by atoms with Gasteiger partial charge in [-0.1, -0.05) is 0 Å². The summed E-state index contributed by atoms with van der Waals surface area (Å²) < 4.78 is 6.80. The molecule has 0 aliphatic rings. The Labute approximate surface area is 87.8 Å². The second-order valence-corrected chi connectivity index (χ2v) is 3.37. The van der Waals surface area contributed by atoms with E-state index in [4.69, 9.17) is 0 Å². The molecule has 2 aromatic heterocycles. The SMILES string of the molecule is COC(=O)c1cc2nccc(Br)n2n1. The van der Waals surface area contributed by atoms with Gasteiger partial charge in [-0.15, -0.1) is 0 Å². The number of rotatable bonds is 1. The first-order valence-corrected chi connectivity index (χ1v) is 4.60. The standard InChI is InChI=1S/C8H6BrN3O2/c1-14-8(13)5-4-7-10-3-2-6(9)12(7)11-5/h2-4H,1H3. The normalized spacial score (nSPS) is 10.4. The molecule has 5 nitrogen and oxygen atoms in total. The molecule has 14 heavy (non-hydrogen) atoms. The monoisotopic (exact) mass is 255 g/mol. The Morgan fingerprint density at radius 3 is 3.07 bits per heavy atom. The van der Waals surface area contributed by atoms with Crippen molar-refractivity contribution in [2.24, 2.45) is 0 Å². The highest BCUT2D eigenvalue weighted by molar-refractivity contribution is 9.10. The zero-order valence-electron chi connectivity index (χ0n) is 7.27. The van der Waals surface area contributed by atoms with Crippen LogP contribution in [0.25, 0.3) is 5.65 Å². The molecule has 0 radical (unpaired) electrons. The lowest BCUT2D eigenvalue weighted by atomic mass is 10.4. The predicted molar refractivity (Wildman–Crippen MR) is 52.0 cm³/mol. The van der Waals surface area contributed by atoms with Gasteiger partial charge in [-0.25, -0.2) is 14.3 Å². The molecule has 0 aromatic carbocycles. The highest BCUT2D eigenvalue weighted by atomic mass is 79.9. The largest absolute Gasteiger partial charge is 0.464 e. The van der Waals surface area contributed by atoms with Crippen LogP contribution < -0.4 is 0 Å². The topological polar surface area (TPSA) is 56.5 Å². The van der Waals surface area contributed by atoms with Gasteiger partial charge in [0.05, 0.1) is 7.11 Å². The molecule has 6 heteroatoms. The van der Waals surface area contributed by atoms with Crippen LogP contribution in [0.5, 0.6) is 0 Å². The van der Waals surface area contributed by atoms with Gasteiger partial charge in [-0.3, -0.25) is 0 Å². The molecule has 0 saturated carbocycles. The predicted octanol–water partition coefficient (Wildman–Crippen LogP) is 1.28. The van der Waals surface area contributed by atoms with Crippen LogP contribution in [0.3, 0.4) is 0 Å². The smallest absolute Gasteiger partial charge is 0.358 e. The fourth-order valence-electron chi connectivity index (χ4n) is 1.07. The van der Waals surface area contributed by atoms with Crippen molar-refractivity contribution in [1.29, 1.82) is 0 Å². The summed E-state index contributed by atoms with van der Waals surface area (Å²) in [6, 6.07) is 3.30. The number of carbonyl (C=O) groups excluding carboxylic acids is 1. The first-order chi connectivity index (χ1) is 6.72. The summed E-state index contributed by atoms with van der Waals surface area (Å²) in [5, 5.41) is 4.02. The van der Waals surface area contributed by atoms with Gasteiger partial charge in [0.15, 0.2) is 11.3 Å². The van der Waals surface area contributed by atoms with Crippen LogP contribution in [0.2, 0.25) is 0 Å². The summed E-state index contributed by atoms with van der Waals surface area (Å²) in [4.78, 5) is 15.2. The lowest BCUT2D eigenvalue weighted by Crippen LogP contribution is -2.02. The number of hydrogen-bond acceptors (Lipinski definition) is 4. The molecule has 2 aromatic rings. The van der Waals surface area contributed by atoms with Crippen molar-refractivity contribution in [3.05, 3.63) is 28.6 Å². The molecule has 2 rings (SSSR count). The van der Waals surface area contributed by atoms with Crippen molar-refractivity contribution in [3.8, 4) is 0 Å². The molecule has 0 spiro atoms. The van der Waals surface area contributed by atoms with Crippen LogP contribution in [-0.2, 0) is 4.74 Å². The number of fused-ring (bicyclic) bond motifs is 1. The molecule has 0 amide bonds. The maximum Gasteiger partial charge on any atom is 0.358 e. The molecule has 0 atom stereocenters. The van der Waals surface area contributed by atoms with Crippen LogP contribution >= 0.6 is 15.9 Å². The number of halogens is 1. The van der Waals surface area contributed by atoms with Gasteiger partial charge in [0.25, 0.3) is 0 Å². The molecule has 0 aliphatic heterocycles. The van der Waals surface area contributed by atoms with Crippen molar-refractivity contribution in [2.45, 2.75) is 0 Å². The van der Waals surface area contributed by atoms with Crippen molar-refractivity contribution in [3.63, 3.8) is 0 Å². The Hall–Kier alpha value is -1.43. The highest BCUT2D eigenvalue weighted by Crippen LogP contribution is 2.12. The van der Waals surface area contributed by atoms with Gasteiger partial charge in [0.1, 0.15) is 4.60 Å². The number of esters is 1. The van der Waals surface area contributed by atoms with Crippen molar-refractivity contribution in [2.75, 3.05) is 7.11 Å². The molecule has 72 valence electrons. The Balaban J connectivity index is 2.62. The van der Waals surface area contributed by atoms with Crippen molar-refractivity contribution >= 4 is 27.5 Å². The lowest BCUT2D eigenvalue weighted by molar-refractivity contribution is 0.0593. The fourth-order valence-corrected chi connectivity index (χ4v) is 1.45. The van der Waals surface area contributed by atoms with E-state index in [0.29, 0.717) is 5.65 Å². The van der Waals surface area contributed by atoms with E-state index in [2.05, 4.69) is 30.7 Å². The third-order valence-electron chi connectivity index (χ3n) is 1.71. The molecule has 0 N–H and O–H groups in total. The van der Waals surface area contributed by atoms with Gasteiger partial charge < -0.3 is 4.74 Å². The van der Waals surface area contributed by atoms with E-state index in [1.54, 1.807) is 18.3 Å². The summed E-state index contributed by atoms with van der Waals surface area (Å²) in [6.45, 7) is 0. The van der Waals surface area contributed by atoms with Crippen LogP contribution in [0.15, 0.2) is 22.9 Å². The Kier molecular flexibility index (Phi) is 2.20. The second kappa shape index (κ2) is 3.38. The van der Waals surface area contributed by atoms with Gasteiger partial charge in [0.2, 0.25) is 0 Å². The van der Waals surface area contributed by atoms with Crippen LogP contribution in [0.4, 0.5) is 0 Å². The van der Waals surface area contributed by atoms with Crippen molar-refractivity contribution < 1.29 is 9.53 Å². The zero-order chi connectivity index (χ0) is 10.1. The molecule has 0 unspecified atom stereocenters. The van der Waals surface area contributed by atoms with E-state index in [1.807, 2.05) is 0 Å². The summed E-state index contributed by atoms with van der Waals surface area (Å²) in [5.41, 5.74) is 0.840. The summed E-state index contributed by atoms with van der Waals surface area (Å²) in [6.07, 6.45) is 1.63. The maximum absolute atomic E-state index is 11.2. The first kappa shape index (κ1) is 9.14. The Morgan fingerprint density at radius 1 is 1.64 bits per heavy atom. The van der Waals surface area contributed by atoms with Crippen molar-refractivity contribution in [1.82, 2.24) is 14.6 Å². The first-order valence-electron chi connectivity index (χ1n) is 3.81. The summed E-state index contributed by atoms with van der Waals surface area (Å²) in [5.74, 6) is -0.470. The number of hydrogen-bond donors (Lipinski definition) is 0. The average molecular weight is 256 g/mol. The molecule has 0 bridgehead atoms. The quantitative estimate of drug-likeness (QED) is 0.569. The zero-order valence-corrected chi connectivity index (χ0v) is 8.85. The average Bonchev–Trinajstić information content (AvgIpc) is 2.62. The molecule has 2 heterocycles. The molecule has 0 saturated heterocycles. The maximum atomic E-state index is 11.2. The van der Waals surface area contributed by atoms with Gasteiger partial charge in [-0.2, -0.15) is 5.10 Å². The number of methoxy groups -OCH3 is 1. The molecule has 0 fully saturated rings. The molecule has 0 aliphatic carbocycles. The van der Waals surface area contributed by atoms with Crippen LogP contribution in [0, 0.1) is 0 Å². The van der Waals surface area contributed by atoms with Crippen LogP contribution in [-0.4, -0.2) is 27.7 Å². The van der Waals surface area contributed by atoms with Crippen LogP contribution in [0.1, 0.15) is 10.5 Å². The number of ether oxygens (including phenoxy) is 1. The van der Waals surface area contributed by atoms with E-state index in [1.165, 1.54) is 11.6 Å². The second-order valence-electron chi connectivity index (χ2n) is 2.56. The highest BCUT2D eigenvalue weighted by Gasteiger charge is 2.12. The lowest BCUT2D eigenvalue weighted by Gasteiger charge is -1.93. The van der Waals surface area contributed by atoms with E-state index < -0.39 is 5.97 Å². The number of aromatic nitrogens is 3. The van der Waals surface area contributed by atoms with E-state index in [0.717, 1.165) is 4.60 Å². The van der Waals surface area contributed by atoms with Gasteiger partial charge in [-0.05, 0) is 22.0 Å². The summed E-state index contributed by atoms with van der Waals surface area (Å²) >= 11 is 3.29. The Bertz CT molecular complexity index is 494. The van der Waals surface area contributed by atoms with E-state index in [9.17, 15) is 4.79 Å². The fraction of sp³-hybridized carbons (Fsp3) is 0.125. The molecular formula is C8H6BrN3O2. The minimum atomic E-state index is -0.470. The van der Waals surface area contributed by atoms with Gasteiger partial charge in [0, 0.05) is 12.3 Å². The number of carbonyl (C=O) groups is 1. The third-order valence-corrected chi connectivity index (χ3v) is 2.31. The number of nitrogens with zero attached hydrogens (tertiary/aromatic N) is 3. The van der Waals surface area contributed by atoms with Gasteiger partial charge >= 0.3 is 5.97 Å². The minimum absolute atomic E-state index is 0.243. The van der Waals surface area contributed by atoms with E-state index >= 15 is 0 Å². The van der Waals surface area contributed by atoms with E-state index in [-0.39, 0.29) is 5.69 Å².